The number of halogens is 2. The Morgan fingerprint density at radius 1 is 1.21 bits per heavy atom. The average Bonchev–Trinajstić information content (AvgIpc) is 2.15. The first-order chi connectivity index (χ1) is 6.59. The third kappa shape index (κ3) is 1.61. The van der Waals surface area contributed by atoms with Crippen molar-refractivity contribution in [2.24, 2.45) is 0 Å². The summed E-state index contributed by atoms with van der Waals surface area (Å²) in [6.07, 6.45) is 1.82. The Morgan fingerprint density at radius 3 is 2.64 bits per heavy atom. The van der Waals surface area contributed by atoms with Crippen LogP contribution in [0.3, 0.4) is 0 Å². The van der Waals surface area contributed by atoms with Gasteiger partial charge in [-0.15, -0.1) is 0 Å². The summed E-state index contributed by atoms with van der Waals surface area (Å²) in [4.78, 5) is 4.35. The van der Waals surface area contributed by atoms with Crippen LogP contribution in [0.15, 0.2) is 18.3 Å². The van der Waals surface area contributed by atoms with Crippen molar-refractivity contribution in [2.75, 3.05) is 0 Å². The van der Waals surface area contributed by atoms with Gasteiger partial charge in [-0.2, -0.15) is 0 Å². The lowest BCUT2D eigenvalue weighted by molar-refractivity contribution is 1.32. The van der Waals surface area contributed by atoms with Crippen molar-refractivity contribution in [1.29, 1.82) is 0 Å². The fourth-order valence-electron chi connectivity index (χ4n) is 1.39. The highest BCUT2D eigenvalue weighted by Crippen LogP contribution is 2.27. The van der Waals surface area contributed by atoms with E-state index in [9.17, 15) is 0 Å². The van der Waals surface area contributed by atoms with Crippen LogP contribution in [0, 0.1) is 17.4 Å². The van der Waals surface area contributed by atoms with Crippen LogP contribution >= 0.6 is 34.2 Å². The van der Waals surface area contributed by atoms with Crippen LogP contribution in [-0.2, 0) is 0 Å². The maximum atomic E-state index is 6.21. The lowest BCUT2D eigenvalue weighted by Crippen LogP contribution is -1.87. The van der Waals surface area contributed by atoms with E-state index in [-0.39, 0.29) is 0 Å². The summed E-state index contributed by atoms with van der Waals surface area (Å²) in [6, 6.07) is 4.16. The first-order valence-corrected chi connectivity index (χ1v) is 5.76. The van der Waals surface area contributed by atoms with Gasteiger partial charge in [-0.25, -0.2) is 0 Å². The van der Waals surface area contributed by atoms with Crippen LogP contribution in [0.25, 0.3) is 10.9 Å². The predicted molar refractivity (Wildman–Crippen MR) is 68.9 cm³/mol. The predicted octanol–water partition coefficient (Wildman–Crippen LogP) is 4.11. The van der Waals surface area contributed by atoms with Crippen LogP contribution in [-0.4, -0.2) is 4.98 Å². The number of nitrogens with zero attached hydrogens (tertiary/aromatic N) is 1. The van der Waals surface area contributed by atoms with E-state index in [1.165, 1.54) is 9.13 Å². The molecule has 1 aromatic carbocycles. The van der Waals surface area contributed by atoms with Gasteiger partial charge in [0.1, 0.15) is 0 Å². The highest BCUT2D eigenvalue weighted by Gasteiger charge is 2.05. The van der Waals surface area contributed by atoms with E-state index >= 15 is 0 Å². The standard InChI is InChI=1S/C11H9ClIN/c1-6-3-8-10(4-9(6)13)14-5-7(2)11(8)12/h3-5H,1-2H3. The van der Waals surface area contributed by atoms with Gasteiger partial charge >= 0.3 is 0 Å². The number of pyridine rings is 1. The molecule has 0 aliphatic rings. The van der Waals surface area contributed by atoms with Crippen LogP contribution in [0.1, 0.15) is 11.1 Å². The molecule has 0 spiro atoms. The Labute approximate surface area is 102 Å². The van der Waals surface area contributed by atoms with E-state index in [1.54, 1.807) is 0 Å². The van der Waals surface area contributed by atoms with Crippen molar-refractivity contribution in [2.45, 2.75) is 13.8 Å². The van der Waals surface area contributed by atoms with Crippen molar-refractivity contribution in [1.82, 2.24) is 4.98 Å². The molecule has 0 saturated heterocycles. The molecule has 0 aliphatic carbocycles. The lowest BCUT2D eigenvalue weighted by atomic mass is 10.1. The number of hydrogen-bond acceptors (Lipinski definition) is 1. The zero-order valence-corrected chi connectivity index (χ0v) is 10.8. The summed E-state index contributed by atoms with van der Waals surface area (Å²) < 4.78 is 1.22. The molecule has 14 heavy (non-hydrogen) atoms. The Bertz CT molecular complexity index is 508. The summed E-state index contributed by atoms with van der Waals surface area (Å²) in [5, 5.41) is 1.86. The highest BCUT2D eigenvalue weighted by atomic mass is 127. The van der Waals surface area contributed by atoms with Crippen molar-refractivity contribution in [3.05, 3.63) is 38.0 Å². The van der Waals surface area contributed by atoms with Crippen molar-refractivity contribution < 1.29 is 0 Å². The van der Waals surface area contributed by atoms with Gasteiger partial charge in [-0.1, -0.05) is 11.6 Å². The van der Waals surface area contributed by atoms with Gasteiger partial charge in [-0.05, 0) is 59.7 Å². The minimum absolute atomic E-state index is 0.814. The molecule has 3 heteroatoms. The van der Waals surface area contributed by atoms with E-state index in [4.69, 9.17) is 11.6 Å². The monoisotopic (exact) mass is 317 g/mol. The second-order valence-corrected chi connectivity index (χ2v) is 4.91. The van der Waals surface area contributed by atoms with Crippen LogP contribution in [0.2, 0.25) is 5.02 Å². The summed E-state index contributed by atoms with van der Waals surface area (Å²) in [7, 11) is 0. The summed E-state index contributed by atoms with van der Waals surface area (Å²) in [5.74, 6) is 0. The smallest absolute Gasteiger partial charge is 0.0727 e. The van der Waals surface area contributed by atoms with Crippen molar-refractivity contribution >= 4 is 45.1 Å². The molecule has 72 valence electrons. The molecule has 0 bridgehead atoms. The summed E-state index contributed by atoms with van der Waals surface area (Å²) in [6.45, 7) is 4.06. The van der Waals surface area contributed by atoms with Crippen LogP contribution < -0.4 is 0 Å². The molecule has 1 aromatic heterocycles. The minimum Gasteiger partial charge on any atom is -0.256 e. The van der Waals surface area contributed by atoms with Gasteiger partial charge in [-0.3, -0.25) is 4.98 Å². The normalized spacial score (nSPS) is 10.9. The number of fused-ring (bicyclic) bond motifs is 1. The number of aromatic nitrogens is 1. The Morgan fingerprint density at radius 2 is 1.93 bits per heavy atom. The zero-order chi connectivity index (χ0) is 10.3. The molecule has 0 aliphatic heterocycles. The number of aryl methyl sites for hydroxylation is 2. The molecular formula is C11H9ClIN. The topological polar surface area (TPSA) is 12.9 Å². The first-order valence-electron chi connectivity index (χ1n) is 4.30. The molecule has 1 heterocycles. The second kappa shape index (κ2) is 3.66. The maximum absolute atomic E-state index is 6.21. The van der Waals surface area contributed by atoms with E-state index in [2.05, 4.69) is 46.6 Å². The van der Waals surface area contributed by atoms with Gasteiger partial charge in [0.05, 0.1) is 10.5 Å². The molecule has 1 nitrogen and oxygen atoms in total. The average molecular weight is 318 g/mol. The third-order valence-electron chi connectivity index (χ3n) is 2.26. The van der Waals surface area contributed by atoms with Gasteiger partial charge in [0.25, 0.3) is 0 Å². The zero-order valence-electron chi connectivity index (χ0n) is 7.94. The summed E-state index contributed by atoms with van der Waals surface area (Å²) >= 11 is 8.52. The molecule has 0 saturated carbocycles. The quantitative estimate of drug-likeness (QED) is 0.666. The van der Waals surface area contributed by atoms with Gasteiger partial charge < -0.3 is 0 Å². The second-order valence-electron chi connectivity index (χ2n) is 3.37. The maximum Gasteiger partial charge on any atom is 0.0727 e. The summed E-state index contributed by atoms with van der Waals surface area (Å²) in [5.41, 5.74) is 3.24. The Kier molecular flexibility index (Phi) is 2.66. The van der Waals surface area contributed by atoms with Crippen LogP contribution in [0.4, 0.5) is 0 Å². The first kappa shape index (κ1) is 10.2. The Hall–Kier alpha value is -0.350. The van der Waals surface area contributed by atoms with E-state index in [0.717, 1.165) is 21.5 Å². The minimum atomic E-state index is 0.814. The SMILES string of the molecule is Cc1cc2c(Cl)c(C)cnc2cc1I. The number of rotatable bonds is 0. The van der Waals surface area contributed by atoms with Crippen LogP contribution in [0.5, 0.6) is 0 Å². The van der Waals surface area contributed by atoms with E-state index in [1.807, 2.05) is 13.1 Å². The molecule has 0 radical (unpaired) electrons. The largest absolute Gasteiger partial charge is 0.256 e. The Balaban J connectivity index is 2.89. The highest BCUT2D eigenvalue weighted by molar-refractivity contribution is 14.1. The van der Waals surface area contributed by atoms with E-state index < -0.39 is 0 Å². The molecule has 0 amide bonds. The van der Waals surface area contributed by atoms with E-state index in [0.29, 0.717) is 0 Å². The van der Waals surface area contributed by atoms with Crippen molar-refractivity contribution in [3.8, 4) is 0 Å². The fraction of sp³-hybridized carbons (Fsp3) is 0.182. The molecular weight excluding hydrogens is 308 g/mol. The van der Waals surface area contributed by atoms with Gasteiger partial charge in [0.2, 0.25) is 0 Å². The molecule has 2 rings (SSSR count). The molecule has 2 aromatic rings. The lowest BCUT2D eigenvalue weighted by Gasteiger charge is -2.05. The van der Waals surface area contributed by atoms with Gasteiger partial charge in [0, 0.05) is 15.2 Å². The molecule has 0 fully saturated rings. The molecule has 0 unspecified atom stereocenters. The third-order valence-corrected chi connectivity index (χ3v) is 3.92. The number of hydrogen-bond donors (Lipinski definition) is 0. The van der Waals surface area contributed by atoms with Crippen molar-refractivity contribution in [3.63, 3.8) is 0 Å². The van der Waals surface area contributed by atoms with Gasteiger partial charge in [0.15, 0.2) is 0 Å². The fourth-order valence-corrected chi connectivity index (χ4v) is 2.04. The molecule has 0 atom stereocenters. The molecule has 0 N–H and O–H groups in total. The number of benzene rings is 1.